The van der Waals surface area contributed by atoms with Crippen LogP contribution in [0.15, 0.2) is 39.0 Å². The monoisotopic (exact) mass is 661 g/mol. The predicted molar refractivity (Wildman–Crippen MR) is 160 cm³/mol. The number of benzene rings is 2. The number of hydrogen-bond donors (Lipinski definition) is 2. The Labute approximate surface area is 253 Å². The van der Waals surface area contributed by atoms with Gasteiger partial charge in [0.2, 0.25) is 0 Å². The molecule has 2 aromatic carbocycles. The number of halogens is 1. The molecule has 43 heavy (non-hydrogen) atoms. The molecule has 0 spiro atoms. The number of carbonyl (C=O) groups excluding carboxylic acids is 2. The number of rotatable bonds is 12. The van der Waals surface area contributed by atoms with Crippen molar-refractivity contribution < 1.29 is 36.3 Å². The van der Waals surface area contributed by atoms with E-state index in [4.69, 9.17) is 23.1 Å². The van der Waals surface area contributed by atoms with Gasteiger partial charge in [-0.25, -0.2) is 16.8 Å². The first-order valence-electron chi connectivity index (χ1n) is 12.8. The molecule has 4 N–H and O–H groups in total. The Hall–Kier alpha value is -3.96. The lowest BCUT2D eigenvalue weighted by atomic mass is 10.0. The molecule has 0 fully saturated rings. The van der Waals surface area contributed by atoms with Crippen LogP contribution in [0, 0.1) is 20.2 Å². The number of carbonyl (C=O) groups is 2. The lowest BCUT2D eigenvalue weighted by Gasteiger charge is -2.10. The minimum Gasteiger partial charge on any atom is -0.370 e. The summed E-state index contributed by atoms with van der Waals surface area (Å²) in [7, 11) is -7.58. The lowest BCUT2D eigenvalue weighted by molar-refractivity contribution is -0.388. The summed E-state index contributed by atoms with van der Waals surface area (Å²) in [4.78, 5) is 46.4. The molecule has 236 valence electrons. The second kappa shape index (κ2) is 15.5. The van der Waals surface area contributed by atoms with E-state index in [0.29, 0.717) is 30.4 Å². The van der Waals surface area contributed by atoms with Crippen LogP contribution in [0.2, 0.25) is 0 Å². The van der Waals surface area contributed by atoms with Gasteiger partial charge < -0.3 is 11.5 Å². The van der Waals surface area contributed by atoms with E-state index in [1.54, 1.807) is 27.7 Å². The highest BCUT2D eigenvalue weighted by atomic mass is 35.5. The fourth-order valence-corrected chi connectivity index (χ4v) is 7.14. The van der Waals surface area contributed by atoms with Gasteiger partial charge in [-0.1, -0.05) is 27.7 Å². The molecule has 0 radical (unpaired) electrons. The van der Waals surface area contributed by atoms with Crippen molar-refractivity contribution in [2.75, 3.05) is 11.5 Å². The van der Waals surface area contributed by atoms with E-state index in [9.17, 15) is 46.7 Å². The van der Waals surface area contributed by atoms with E-state index in [-0.39, 0.29) is 33.9 Å². The average molecular weight is 662 g/mol. The first-order chi connectivity index (χ1) is 19.9. The topological polar surface area (TPSA) is 253 Å². The summed E-state index contributed by atoms with van der Waals surface area (Å²) in [6.07, 6.45) is 1.29. The summed E-state index contributed by atoms with van der Waals surface area (Å²) in [6, 6.07) is 4.18. The Bertz CT molecular complexity index is 1670. The molecule has 2 rings (SSSR count). The highest BCUT2D eigenvalue weighted by Crippen LogP contribution is 2.31. The van der Waals surface area contributed by atoms with Gasteiger partial charge in [-0.05, 0) is 60.5 Å². The molecule has 18 heteroatoms. The van der Waals surface area contributed by atoms with Crippen LogP contribution in [0.4, 0.5) is 11.4 Å². The molecule has 1 amide bonds. The molecule has 2 aromatic rings. The minimum absolute atomic E-state index is 0.0312. The first kappa shape index (κ1) is 37.1. The van der Waals surface area contributed by atoms with Crippen molar-refractivity contribution in [1.82, 2.24) is 0 Å². The molecular formula is C25H32ClN5O10S2. The van der Waals surface area contributed by atoms with Crippen LogP contribution in [0.3, 0.4) is 0 Å². The summed E-state index contributed by atoms with van der Waals surface area (Å²) in [5, 5.41) is 21.4. The fraction of sp³-hybridized carbons (Fsp3) is 0.400. The number of nitro benzene ring substituents is 2. The van der Waals surface area contributed by atoms with E-state index in [0.717, 1.165) is 18.2 Å². The Morgan fingerprint density at radius 1 is 0.767 bits per heavy atom. The van der Waals surface area contributed by atoms with Gasteiger partial charge in [0.25, 0.3) is 22.5 Å². The largest absolute Gasteiger partial charge is 0.370 e. The number of hydrogen-bond acceptors (Lipinski definition) is 10. The number of amides is 1. The number of aryl methyl sites for hydroxylation is 2. The normalized spacial score (nSPS) is 11.2. The third kappa shape index (κ3) is 9.52. The SMILES string of the molecule is CCCS(=O)(=O)c1cc(CC)c(C(=O)Cl)cc1[N+](=O)[O-].CCCS(=O)(=O)c1cc(CC)c(C(=O)N=C(N)N)cc1[N+](=O)[O-]. The number of nitro groups is 2. The third-order valence-electron chi connectivity index (χ3n) is 5.81. The smallest absolute Gasteiger partial charge is 0.288 e. The van der Waals surface area contributed by atoms with Crippen molar-refractivity contribution in [3.63, 3.8) is 0 Å². The number of sulfone groups is 2. The van der Waals surface area contributed by atoms with Crippen molar-refractivity contribution in [2.45, 2.75) is 63.2 Å². The molecule has 0 aliphatic carbocycles. The summed E-state index contributed by atoms with van der Waals surface area (Å²) in [5.74, 6) is -1.75. The van der Waals surface area contributed by atoms with Crippen LogP contribution in [-0.2, 0) is 32.5 Å². The van der Waals surface area contributed by atoms with Crippen LogP contribution < -0.4 is 11.5 Å². The molecule has 0 aromatic heterocycles. The fourth-order valence-electron chi connectivity index (χ4n) is 3.91. The van der Waals surface area contributed by atoms with E-state index in [1.165, 1.54) is 6.07 Å². The quantitative estimate of drug-likeness (QED) is 0.109. The zero-order valence-electron chi connectivity index (χ0n) is 23.8. The van der Waals surface area contributed by atoms with Gasteiger partial charge in [-0.3, -0.25) is 29.8 Å². The molecule has 0 unspecified atom stereocenters. The van der Waals surface area contributed by atoms with Crippen molar-refractivity contribution in [3.05, 3.63) is 66.7 Å². The van der Waals surface area contributed by atoms with E-state index >= 15 is 0 Å². The Kier molecular flexibility index (Phi) is 13.4. The highest BCUT2D eigenvalue weighted by molar-refractivity contribution is 7.91. The Balaban J connectivity index is 0.000000434. The van der Waals surface area contributed by atoms with Gasteiger partial charge in [0, 0.05) is 17.7 Å². The summed E-state index contributed by atoms with van der Waals surface area (Å²) in [6.45, 7) is 6.71. The molecule has 0 bridgehead atoms. The van der Waals surface area contributed by atoms with Gasteiger partial charge >= 0.3 is 0 Å². The maximum absolute atomic E-state index is 12.2. The van der Waals surface area contributed by atoms with Gasteiger partial charge in [0.1, 0.15) is 9.79 Å². The van der Waals surface area contributed by atoms with Crippen LogP contribution in [-0.4, -0.2) is 55.3 Å². The molecule has 0 atom stereocenters. The van der Waals surface area contributed by atoms with E-state index < -0.39 is 62.9 Å². The average Bonchev–Trinajstić information content (AvgIpc) is 2.91. The summed E-state index contributed by atoms with van der Waals surface area (Å²) >= 11 is 5.38. The van der Waals surface area contributed by atoms with Crippen LogP contribution in [0.25, 0.3) is 0 Å². The van der Waals surface area contributed by atoms with Gasteiger partial charge in [0.05, 0.1) is 26.9 Å². The van der Waals surface area contributed by atoms with Crippen molar-refractivity contribution >= 4 is 59.8 Å². The van der Waals surface area contributed by atoms with E-state index in [2.05, 4.69) is 4.99 Å². The zero-order valence-corrected chi connectivity index (χ0v) is 26.2. The maximum atomic E-state index is 12.2. The van der Waals surface area contributed by atoms with Crippen molar-refractivity contribution in [2.24, 2.45) is 16.5 Å². The molecule has 0 heterocycles. The number of nitrogens with zero attached hydrogens (tertiary/aromatic N) is 3. The van der Waals surface area contributed by atoms with Crippen molar-refractivity contribution in [3.8, 4) is 0 Å². The lowest BCUT2D eigenvalue weighted by Crippen LogP contribution is -2.24. The first-order valence-corrected chi connectivity index (χ1v) is 16.5. The molecule has 0 saturated carbocycles. The van der Waals surface area contributed by atoms with Gasteiger partial charge in [-0.15, -0.1) is 0 Å². The highest BCUT2D eigenvalue weighted by Gasteiger charge is 2.30. The molecule has 15 nitrogen and oxygen atoms in total. The second-order valence-electron chi connectivity index (χ2n) is 8.93. The maximum Gasteiger partial charge on any atom is 0.288 e. The summed E-state index contributed by atoms with van der Waals surface area (Å²) < 4.78 is 48.6. The minimum atomic E-state index is -3.82. The van der Waals surface area contributed by atoms with Crippen LogP contribution in [0.5, 0.6) is 0 Å². The van der Waals surface area contributed by atoms with E-state index in [1.807, 2.05) is 0 Å². The number of aliphatic imine (C=N–C) groups is 1. The third-order valence-corrected chi connectivity index (χ3v) is 9.90. The van der Waals surface area contributed by atoms with Crippen molar-refractivity contribution in [1.29, 1.82) is 0 Å². The standard InChI is InChI=1S/C13H18N4O5S.C12H14ClNO5S/c1-3-5-23(21,22)11-6-8(4-2)9(7-10(11)17(19)20)12(18)16-13(14)15;1-3-5-20(18,19)11-6-8(4-2)9(12(13)15)7-10(11)14(16)17/h6-7H,3-5H2,1-2H3,(H4,14,15,16,18);6-7H,3-5H2,1-2H3. The molecular weight excluding hydrogens is 630 g/mol. The predicted octanol–water partition coefficient (Wildman–Crippen LogP) is 3.47. The number of nitrogens with two attached hydrogens (primary N) is 2. The van der Waals surface area contributed by atoms with Gasteiger partial charge in [-0.2, -0.15) is 4.99 Å². The second-order valence-corrected chi connectivity index (χ2v) is 13.4. The van der Waals surface area contributed by atoms with Crippen LogP contribution >= 0.6 is 11.6 Å². The zero-order chi connectivity index (χ0) is 33.3. The van der Waals surface area contributed by atoms with Gasteiger partial charge in [0.15, 0.2) is 25.6 Å². The molecule has 0 aliphatic heterocycles. The Morgan fingerprint density at radius 3 is 1.44 bits per heavy atom. The van der Waals surface area contributed by atoms with Crippen LogP contribution in [0.1, 0.15) is 72.4 Å². The number of guanidine groups is 1. The molecule has 0 aliphatic rings. The summed E-state index contributed by atoms with van der Waals surface area (Å²) in [5.41, 5.74) is 9.57. The Morgan fingerprint density at radius 2 is 1.14 bits per heavy atom. The molecule has 0 saturated heterocycles.